The van der Waals surface area contributed by atoms with Crippen LogP contribution in [-0.2, 0) is 17.8 Å². The molecule has 0 aromatic heterocycles. The summed E-state index contributed by atoms with van der Waals surface area (Å²) in [5, 5.41) is 0. The summed E-state index contributed by atoms with van der Waals surface area (Å²) >= 11 is 0. The van der Waals surface area contributed by atoms with Crippen molar-refractivity contribution in [2.45, 2.75) is 19.4 Å². The van der Waals surface area contributed by atoms with Crippen LogP contribution >= 0.6 is 0 Å². The average Bonchev–Trinajstić information content (AvgIpc) is 2.74. The first-order valence-electron chi connectivity index (χ1n) is 9.65. The number of carbonyl (C=O) groups excluding carboxylic acids is 2. The molecule has 0 aliphatic carbocycles. The Balaban J connectivity index is 1.41. The minimum Gasteiger partial charge on any atom is -0.367 e. The van der Waals surface area contributed by atoms with E-state index >= 15 is 0 Å². The van der Waals surface area contributed by atoms with Crippen LogP contribution < -0.4 is 4.90 Å². The van der Waals surface area contributed by atoms with Crippen molar-refractivity contribution >= 4 is 18.0 Å². The van der Waals surface area contributed by atoms with Crippen LogP contribution in [0.1, 0.15) is 27.9 Å². The molecular weight excluding hydrogens is 338 g/mol. The molecule has 27 heavy (non-hydrogen) atoms. The van der Waals surface area contributed by atoms with Gasteiger partial charge < -0.3 is 14.7 Å². The predicted molar refractivity (Wildman–Crippen MR) is 106 cm³/mol. The molecule has 5 heteroatoms. The molecule has 0 spiro atoms. The smallest absolute Gasteiger partial charge is 0.253 e. The number of amides is 2. The molecule has 5 nitrogen and oxygen atoms in total. The van der Waals surface area contributed by atoms with E-state index in [1.54, 1.807) is 4.90 Å². The van der Waals surface area contributed by atoms with Crippen molar-refractivity contribution in [1.29, 1.82) is 0 Å². The van der Waals surface area contributed by atoms with Gasteiger partial charge >= 0.3 is 0 Å². The topological polar surface area (TPSA) is 43.9 Å². The number of rotatable bonds is 4. The average molecular weight is 363 g/mol. The van der Waals surface area contributed by atoms with Crippen LogP contribution in [0.15, 0.2) is 48.5 Å². The summed E-state index contributed by atoms with van der Waals surface area (Å²) in [6, 6.07) is 16.6. The third-order valence-electron chi connectivity index (χ3n) is 5.53. The summed E-state index contributed by atoms with van der Waals surface area (Å²) in [4.78, 5) is 29.4. The summed E-state index contributed by atoms with van der Waals surface area (Å²) in [6.45, 7) is 4.36. The van der Waals surface area contributed by atoms with Gasteiger partial charge in [0.1, 0.15) is 0 Å². The van der Waals surface area contributed by atoms with E-state index in [0.717, 1.165) is 31.5 Å². The summed E-state index contributed by atoms with van der Waals surface area (Å²) < 4.78 is 0. The number of hydrogen-bond donors (Lipinski definition) is 0. The van der Waals surface area contributed by atoms with Crippen LogP contribution in [0.25, 0.3) is 0 Å². The van der Waals surface area contributed by atoms with Gasteiger partial charge in [-0.25, -0.2) is 0 Å². The lowest BCUT2D eigenvalue weighted by Crippen LogP contribution is -2.48. The Morgan fingerprint density at radius 2 is 1.67 bits per heavy atom. The van der Waals surface area contributed by atoms with E-state index in [0.29, 0.717) is 26.2 Å². The van der Waals surface area contributed by atoms with Gasteiger partial charge in [0.15, 0.2) is 0 Å². The molecule has 1 saturated heterocycles. The molecule has 2 heterocycles. The zero-order chi connectivity index (χ0) is 18.6. The maximum atomic E-state index is 12.7. The van der Waals surface area contributed by atoms with Gasteiger partial charge in [-0.1, -0.05) is 30.3 Å². The number of carbonyl (C=O) groups is 2. The second-order valence-corrected chi connectivity index (χ2v) is 7.28. The highest BCUT2D eigenvalue weighted by atomic mass is 16.2. The quantitative estimate of drug-likeness (QED) is 0.784. The second-order valence-electron chi connectivity index (χ2n) is 7.28. The SMILES string of the molecule is O=CN1CCN(C(=O)c2ccc(CN3CCCc4ccccc43)cc2)CC1. The molecule has 0 unspecified atom stereocenters. The van der Waals surface area contributed by atoms with Gasteiger partial charge in [-0.2, -0.15) is 0 Å². The summed E-state index contributed by atoms with van der Waals surface area (Å²) in [5.74, 6) is 0.0513. The van der Waals surface area contributed by atoms with Crippen LogP contribution in [0, 0.1) is 0 Å². The lowest BCUT2D eigenvalue weighted by molar-refractivity contribution is -0.119. The van der Waals surface area contributed by atoms with Crippen molar-refractivity contribution in [2.24, 2.45) is 0 Å². The molecule has 2 amide bonds. The molecule has 0 bridgehead atoms. The van der Waals surface area contributed by atoms with E-state index in [4.69, 9.17) is 0 Å². The Labute approximate surface area is 160 Å². The molecule has 4 rings (SSSR count). The first-order chi connectivity index (χ1) is 13.2. The molecule has 0 saturated carbocycles. The maximum absolute atomic E-state index is 12.7. The van der Waals surface area contributed by atoms with Crippen LogP contribution in [0.2, 0.25) is 0 Å². The largest absolute Gasteiger partial charge is 0.367 e. The van der Waals surface area contributed by atoms with Gasteiger partial charge in [0.2, 0.25) is 6.41 Å². The summed E-state index contributed by atoms with van der Waals surface area (Å²) in [6.07, 6.45) is 3.19. The molecule has 2 aromatic rings. The highest BCUT2D eigenvalue weighted by Gasteiger charge is 2.21. The van der Waals surface area contributed by atoms with Crippen molar-refractivity contribution in [3.05, 3.63) is 65.2 Å². The van der Waals surface area contributed by atoms with Crippen LogP contribution in [0.4, 0.5) is 5.69 Å². The van der Waals surface area contributed by atoms with Gasteiger partial charge in [0, 0.05) is 50.5 Å². The van der Waals surface area contributed by atoms with Crippen molar-refractivity contribution in [1.82, 2.24) is 9.80 Å². The molecular formula is C22H25N3O2. The number of anilines is 1. The van der Waals surface area contributed by atoms with E-state index in [-0.39, 0.29) is 5.91 Å². The van der Waals surface area contributed by atoms with E-state index in [2.05, 4.69) is 41.3 Å². The fraction of sp³-hybridized carbons (Fsp3) is 0.364. The van der Waals surface area contributed by atoms with Gasteiger partial charge in [0.05, 0.1) is 0 Å². The Hall–Kier alpha value is -2.82. The monoisotopic (exact) mass is 363 g/mol. The highest BCUT2D eigenvalue weighted by Crippen LogP contribution is 2.28. The fourth-order valence-electron chi connectivity index (χ4n) is 3.96. The highest BCUT2D eigenvalue weighted by molar-refractivity contribution is 5.94. The molecule has 0 atom stereocenters. The Morgan fingerprint density at radius 3 is 2.41 bits per heavy atom. The number of para-hydroxylation sites is 1. The minimum absolute atomic E-state index is 0.0513. The first-order valence-corrected chi connectivity index (χ1v) is 9.65. The van der Waals surface area contributed by atoms with Crippen molar-refractivity contribution in [2.75, 3.05) is 37.6 Å². The molecule has 0 radical (unpaired) electrons. The Bertz CT molecular complexity index is 811. The Kier molecular flexibility index (Phi) is 5.10. The molecule has 0 N–H and O–H groups in total. The van der Waals surface area contributed by atoms with E-state index in [1.807, 2.05) is 17.0 Å². The number of benzene rings is 2. The zero-order valence-corrected chi connectivity index (χ0v) is 15.5. The van der Waals surface area contributed by atoms with E-state index < -0.39 is 0 Å². The molecule has 2 aliphatic rings. The van der Waals surface area contributed by atoms with Crippen LogP contribution in [-0.4, -0.2) is 54.8 Å². The number of nitrogens with zero attached hydrogens (tertiary/aromatic N) is 3. The number of piperazine rings is 1. The molecule has 2 aromatic carbocycles. The van der Waals surface area contributed by atoms with E-state index in [9.17, 15) is 9.59 Å². The van der Waals surface area contributed by atoms with Crippen molar-refractivity contribution in [3.8, 4) is 0 Å². The number of hydrogen-bond acceptors (Lipinski definition) is 3. The predicted octanol–water partition coefficient (Wildman–Crippen LogP) is 2.55. The van der Waals surface area contributed by atoms with Gasteiger partial charge in [-0.15, -0.1) is 0 Å². The first kappa shape index (κ1) is 17.6. The molecule has 140 valence electrons. The van der Waals surface area contributed by atoms with Gasteiger partial charge in [-0.05, 0) is 42.2 Å². The number of aryl methyl sites for hydroxylation is 1. The normalized spacial score (nSPS) is 16.8. The zero-order valence-electron chi connectivity index (χ0n) is 15.5. The second kappa shape index (κ2) is 7.82. The third-order valence-corrected chi connectivity index (χ3v) is 5.53. The molecule has 2 aliphatic heterocycles. The Morgan fingerprint density at radius 1 is 0.926 bits per heavy atom. The van der Waals surface area contributed by atoms with Crippen molar-refractivity contribution < 1.29 is 9.59 Å². The lowest BCUT2D eigenvalue weighted by Gasteiger charge is -2.33. The van der Waals surface area contributed by atoms with Crippen LogP contribution in [0.5, 0.6) is 0 Å². The maximum Gasteiger partial charge on any atom is 0.253 e. The summed E-state index contributed by atoms with van der Waals surface area (Å²) in [7, 11) is 0. The summed E-state index contributed by atoms with van der Waals surface area (Å²) in [5.41, 5.74) is 4.69. The van der Waals surface area contributed by atoms with E-state index in [1.165, 1.54) is 23.2 Å². The van der Waals surface area contributed by atoms with Crippen LogP contribution in [0.3, 0.4) is 0 Å². The standard InChI is InChI=1S/C22H25N3O2/c26-17-23-12-14-24(15-13-23)22(27)20-9-7-18(8-10-20)16-25-11-3-5-19-4-1-2-6-21(19)25/h1-2,4,6-10,17H,3,5,11-16H2. The minimum atomic E-state index is 0.0513. The third kappa shape index (κ3) is 3.82. The lowest BCUT2D eigenvalue weighted by atomic mass is 10.0. The molecule has 1 fully saturated rings. The van der Waals surface area contributed by atoms with Gasteiger partial charge in [-0.3, -0.25) is 9.59 Å². The van der Waals surface area contributed by atoms with Crippen molar-refractivity contribution in [3.63, 3.8) is 0 Å². The fourth-order valence-corrected chi connectivity index (χ4v) is 3.96. The van der Waals surface area contributed by atoms with Gasteiger partial charge in [0.25, 0.3) is 5.91 Å². The number of fused-ring (bicyclic) bond motifs is 1.